The molecule has 0 unspecified atom stereocenters. The van der Waals surface area contributed by atoms with Crippen molar-refractivity contribution in [2.24, 2.45) is 7.05 Å². The molecule has 5 aromatic rings. The molecule has 0 saturated heterocycles. The molecular formula is C26H19N2O+. The van der Waals surface area contributed by atoms with Gasteiger partial charge in [-0.05, 0) is 35.7 Å². The van der Waals surface area contributed by atoms with Gasteiger partial charge in [0, 0.05) is 22.9 Å². The Balaban J connectivity index is 1.90. The van der Waals surface area contributed by atoms with Crippen LogP contribution in [-0.4, -0.2) is 0 Å². The number of nitrogens with zero attached hydrogens (tertiary/aromatic N) is 2. The smallest absolute Gasteiger partial charge is 0.237 e. The molecule has 0 fully saturated rings. The lowest BCUT2D eigenvalue weighted by molar-refractivity contribution is -0.660. The number of aryl methyl sites for hydroxylation is 2. The van der Waals surface area contributed by atoms with Crippen LogP contribution in [0.25, 0.3) is 49.2 Å². The molecular weight excluding hydrogens is 356 g/mol. The Hall–Kier alpha value is -3.90. The van der Waals surface area contributed by atoms with Crippen molar-refractivity contribution in [3.05, 3.63) is 96.0 Å². The van der Waals surface area contributed by atoms with Gasteiger partial charge in [-0.3, -0.25) is 0 Å². The van der Waals surface area contributed by atoms with E-state index in [2.05, 4.69) is 34.5 Å². The van der Waals surface area contributed by atoms with E-state index in [1.807, 2.05) is 67.8 Å². The highest BCUT2D eigenvalue weighted by Crippen LogP contribution is 2.44. The van der Waals surface area contributed by atoms with Gasteiger partial charge in [0.05, 0.1) is 12.1 Å². The fraction of sp³-hybridized carbons (Fsp3) is 0.0769. The summed E-state index contributed by atoms with van der Waals surface area (Å²) in [6, 6.07) is 24.4. The van der Waals surface area contributed by atoms with E-state index in [9.17, 15) is 0 Å². The largest absolute Gasteiger partial charge is 0.467 e. The molecule has 29 heavy (non-hydrogen) atoms. The molecule has 0 spiro atoms. The zero-order chi connectivity index (χ0) is 20.0. The highest BCUT2D eigenvalue weighted by atomic mass is 16.3. The average molecular weight is 375 g/mol. The van der Waals surface area contributed by atoms with Gasteiger partial charge in [-0.15, -0.1) is 0 Å². The topological polar surface area (TPSA) is 21.4 Å². The van der Waals surface area contributed by atoms with Gasteiger partial charge in [-0.1, -0.05) is 48.5 Å². The molecule has 138 valence electrons. The lowest BCUT2D eigenvalue weighted by Gasteiger charge is -2.07. The van der Waals surface area contributed by atoms with E-state index in [-0.39, 0.29) is 0 Å². The first-order valence-electron chi connectivity index (χ1n) is 9.56. The second kappa shape index (κ2) is 6.61. The predicted octanol–water partition coefficient (Wildman–Crippen LogP) is 6.60. The van der Waals surface area contributed by atoms with Crippen LogP contribution in [0.4, 0.5) is 5.69 Å². The summed E-state index contributed by atoms with van der Waals surface area (Å²) in [6.07, 6.45) is 2.05. The lowest BCUT2D eigenvalue weighted by Crippen LogP contribution is -2.30. The third-order valence-corrected chi connectivity index (χ3v) is 5.50. The Bertz CT molecular complexity index is 1420. The van der Waals surface area contributed by atoms with Gasteiger partial charge in [-0.2, -0.15) is 0 Å². The fourth-order valence-corrected chi connectivity index (χ4v) is 4.10. The second-order valence-electron chi connectivity index (χ2n) is 7.25. The van der Waals surface area contributed by atoms with E-state index >= 15 is 0 Å². The van der Waals surface area contributed by atoms with Crippen molar-refractivity contribution in [2.75, 3.05) is 0 Å². The van der Waals surface area contributed by atoms with Crippen molar-refractivity contribution in [3.63, 3.8) is 0 Å². The van der Waals surface area contributed by atoms with Crippen LogP contribution in [0.5, 0.6) is 0 Å². The first-order chi connectivity index (χ1) is 14.2. The molecule has 2 aromatic heterocycles. The van der Waals surface area contributed by atoms with Crippen LogP contribution in [0.3, 0.4) is 0 Å². The summed E-state index contributed by atoms with van der Waals surface area (Å²) < 4.78 is 8.39. The normalized spacial score (nSPS) is 11.1. The van der Waals surface area contributed by atoms with Gasteiger partial charge < -0.3 is 4.42 Å². The molecule has 3 aromatic carbocycles. The minimum absolute atomic E-state index is 0.561. The van der Waals surface area contributed by atoms with Crippen LogP contribution in [0.2, 0.25) is 0 Å². The average Bonchev–Trinajstić information content (AvgIpc) is 3.13. The van der Waals surface area contributed by atoms with Crippen LogP contribution in [0.1, 0.15) is 5.56 Å². The van der Waals surface area contributed by atoms with Gasteiger partial charge in [0.2, 0.25) is 11.4 Å². The number of hydrogen-bond donors (Lipinski definition) is 0. The molecule has 0 aliphatic rings. The maximum Gasteiger partial charge on any atom is 0.237 e. The summed E-state index contributed by atoms with van der Waals surface area (Å²) in [5, 5.41) is 2.04. The van der Waals surface area contributed by atoms with Crippen molar-refractivity contribution < 1.29 is 8.98 Å². The molecule has 0 aliphatic carbocycles. The molecule has 0 atom stereocenters. The van der Waals surface area contributed by atoms with Gasteiger partial charge in [0.1, 0.15) is 18.2 Å². The number of hydrogen-bond acceptors (Lipinski definition) is 1. The van der Waals surface area contributed by atoms with E-state index < -0.39 is 0 Å². The Morgan fingerprint density at radius 1 is 0.897 bits per heavy atom. The highest BCUT2D eigenvalue weighted by Gasteiger charge is 2.22. The number of benzene rings is 3. The van der Waals surface area contributed by atoms with Crippen molar-refractivity contribution >= 4 is 27.6 Å². The second-order valence-corrected chi connectivity index (χ2v) is 7.25. The number of furan rings is 1. The summed E-state index contributed by atoms with van der Waals surface area (Å²) >= 11 is 0. The first kappa shape index (κ1) is 17.2. The van der Waals surface area contributed by atoms with Crippen molar-refractivity contribution in [2.45, 2.75) is 6.92 Å². The number of fused-ring (bicyclic) bond motifs is 3. The molecule has 0 N–H and O–H groups in total. The quantitative estimate of drug-likeness (QED) is 0.251. The number of aromatic nitrogens is 1. The fourth-order valence-electron chi connectivity index (χ4n) is 4.10. The van der Waals surface area contributed by atoms with Crippen LogP contribution in [0.15, 0.2) is 83.4 Å². The van der Waals surface area contributed by atoms with Crippen LogP contribution in [-0.2, 0) is 7.05 Å². The molecule has 0 bridgehead atoms. The molecule has 0 amide bonds. The molecule has 3 nitrogen and oxygen atoms in total. The third kappa shape index (κ3) is 2.61. The van der Waals surface area contributed by atoms with E-state index in [0.29, 0.717) is 11.3 Å². The molecule has 0 saturated carbocycles. The highest BCUT2D eigenvalue weighted by molar-refractivity contribution is 6.17. The first-order valence-corrected chi connectivity index (χ1v) is 9.56. The minimum atomic E-state index is 0.561. The van der Waals surface area contributed by atoms with Gasteiger partial charge in [0.25, 0.3) is 0 Å². The van der Waals surface area contributed by atoms with E-state index in [1.54, 1.807) is 0 Å². The number of rotatable bonds is 2. The third-order valence-electron chi connectivity index (χ3n) is 5.50. The summed E-state index contributed by atoms with van der Waals surface area (Å²) in [7, 11) is 2.05. The van der Waals surface area contributed by atoms with Gasteiger partial charge in [-0.25, -0.2) is 9.41 Å². The maximum atomic E-state index is 7.84. The van der Waals surface area contributed by atoms with Crippen LogP contribution < -0.4 is 4.57 Å². The molecule has 0 radical (unpaired) electrons. The van der Waals surface area contributed by atoms with E-state index in [1.165, 1.54) is 5.56 Å². The molecule has 2 heterocycles. The van der Waals surface area contributed by atoms with Crippen molar-refractivity contribution in [1.29, 1.82) is 0 Å². The Morgan fingerprint density at radius 3 is 2.45 bits per heavy atom. The van der Waals surface area contributed by atoms with Crippen LogP contribution >= 0.6 is 0 Å². The standard InChI is InChI=1S/C26H19N2O/c1-17-12-15-22-24(23(17)21-11-7-8-16-28(21)3)20-14-13-19(18-9-5-4-6-10-18)25(27-2)26(20)29-22/h4-16H,1,3H3/q+1. The van der Waals surface area contributed by atoms with Gasteiger partial charge >= 0.3 is 0 Å². The van der Waals surface area contributed by atoms with Gasteiger partial charge in [0.15, 0.2) is 6.20 Å². The Morgan fingerprint density at radius 2 is 1.69 bits per heavy atom. The summed E-state index contributed by atoms with van der Waals surface area (Å²) in [6.45, 7) is 9.96. The van der Waals surface area contributed by atoms with E-state index in [0.717, 1.165) is 38.7 Å². The van der Waals surface area contributed by atoms with E-state index in [4.69, 9.17) is 11.0 Å². The van der Waals surface area contributed by atoms with Crippen LogP contribution in [0, 0.1) is 13.5 Å². The molecule has 0 aliphatic heterocycles. The zero-order valence-electron chi connectivity index (χ0n) is 16.3. The predicted molar refractivity (Wildman–Crippen MR) is 117 cm³/mol. The summed E-state index contributed by atoms with van der Waals surface area (Å²) in [5.74, 6) is 0. The number of pyridine rings is 1. The molecule has 3 heteroatoms. The SMILES string of the molecule is [C-]#[N+]c1c(-c2ccccc2)ccc2c1oc1ccc(C)c(-c3cccc[n+]3C)c12. The molecule has 5 rings (SSSR count). The van der Waals surface area contributed by atoms with Crippen molar-refractivity contribution in [3.8, 4) is 22.4 Å². The van der Waals surface area contributed by atoms with Crippen molar-refractivity contribution in [1.82, 2.24) is 0 Å². The minimum Gasteiger partial charge on any atom is -0.467 e. The summed E-state index contributed by atoms with van der Waals surface area (Å²) in [5.41, 5.74) is 7.38. The monoisotopic (exact) mass is 375 g/mol. The summed E-state index contributed by atoms with van der Waals surface area (Å²) in [4.78, 5) is 3.86. The maximum absolute atomic E-state index is 7.84. The Kier molecular flexibility index (Phi) is 3.93. The Labute approximate surface area is 169 Å². The zero-order valence-corrected chi connectivity index (χ0v) is 16.3. The lowest BCUT2D eigenvalue weighted by atomic mass is 9.96.